The molecule has 0 spiro atoms. The molecule has 1 fully saturated rings. The Labute approximate surface area is 149 Å². The molecular weight excluding hydrogens is 344 g/mol. The van der Waals surface area contributed by atoms with Crippen molar-refractivity contribution in [3.05, 3.63) is 54.0 Å². The fourth-order valence-electron chi connectivity index (χ4n) is 2.88. The molecule has 0 radical (unpaired) electrons. The molecule has 138 valence electrons. The lowest BCUT2D eigenvalue weighted by atomic mass is 10.2. The standard InChI is InChI=1S/C18H19F2N3O3/c1-12(17(24)21-16-13(19)4-2-5-14(16)20)22-7-9-23(10-8-22)18(25)15-6-3-11-26-15/h2-6,11-12H,7-10H2,1H3,(H,21,24)/t12-/m1/s1. The molecule has 0 saturated carbocycles. The zero-order valence-corrected chi connectivity index (χ0v) is 14.2. The first-order valence-electron chi connectivity index (χ1n) is 8.29. The van der Waals surface area contributed by atoms with Gasteiger partial charge in [-0.05, 0) is 31.2 Å². The number of halogens is 2. The fourth-order valence-corrected chi connectivity index (χ4v) is 2.88. The number of carbonyl (C=O) groups is 2. The molecule has 0 unspecified atom stereocenters. The van der Waals surface area contributed by atoms with Gasteiger partial charge in [-0.25, -0.2) is 8.78 Å². The SMILES string of the molecule is C[C@H](C(=O)Nc1c(F)cccc1F)N1CCN(C(=O)c2ccco2)CC1. The van der Waals surface area contributed by atoms with Crippen molar-refractivity contribution >= 4 is 17.5 Å². The molecule has 1 aliphatic heterocycles. The molecule has 2 heterocycles. The van der Waals surface area contributed by atoms with E-state index in [4.69, 9.17) is 4.42 Å². The molecule has 3 rings (SSSR count). The van der Waals surface area contributed by atoms with Crippen LogP contribution in [0.3, 0.4) is 0 Å². The zero-order valence-electron chi connectivity index (χ0n) is 14.2. The van der Waals surface area contributed by atoms with Crippen LogP contribution in [0, 0.1) is 11.6 Å². The number of anilines is 1. The molecule has 2 aromatic rings. The van der Waals surface area contributed by atoms with Crippen LogP contribution in [-0.4, -0.2) is 53.8 Å². The number of para-hydroxylation sites is 1. The average Bonchev–Trinajstić information content (AvgIpc) is 3.18. The van der Waals surface area contributed by atoms with Crippen molar-refractivity contribution in [3.8, 4) is 0 Å². The Morgan fingerprint density at radius 3 is 2.31 bits per heavy atom. The highest BCUT2D eigenvalue weighted by Gasteiger charge is 2.29. The lowest BCUT2D eigenvalue weighted by Crippen LogP contribution is -2.54. The minimum atomic E-state index is -0.820. The van der Waals surface area contributed by atoms with E-state index in [0.717, 1.165) is 12.1 Å². The van der Waals surface area contributed by atoms with Crippen LogP contribution >= 0.6 is 0 Å². The van der Waals surface area contributed by atoms with Gasteiger partial charge in [0.2, 0.25) is 5.91 Å². The van der Waals surface area contributed by atoms with Gasteiger partial charge in [0.1, 0.15) is 17.3 Å². The van der Waals surface area contributed by atoms with Gasteiger partial charge in [-0.15, -0.1) is 0 Å². The van der Waals surface area contributed by atoms with E-state index in [-0.39, 0.29) is 11.7 Å². The minimum absolute atomic E-state index is 0.194. The van der Waals surface area contributed by atoms with Gasteiger partial charge in [-0.2, -0.15) is 0 Å². The summed E-state index contributed by atoms with van der Waals surface area (Å²) < 4.78 is 32.4. The normalized spacial score (nSPS) is 16.3. The minimum Gasteiger partial charge on any atom is -0.459 e. The molecule has 1 N–H and O–H groups in total. The third kappa shape index (κ3) is 3.75. The first-order chi connectivity index (χ1) is 12.5. The first-order valence-corrected chi connectivity index (χ1v) is 8.29. The van der Waals surface area contributed by atoms with E-state index in [1.54, 1.807) is 24.0 Å². The third-order valence-electron chi connectivity index (χ3n) is 4.47. The van der Waals surface area contributed by atoms with E-state index < -0.39 is 29.3 Å². The summed E-state index contributed by atoms with van der Waals surface area (Å²) in [6, 6.07) is 6.07. The molecule has 26 heavy (non-hydrogen) atoms. The molecule has 0 aliphatic carbocycles. The number of furan rings is 1. The van der Waals surface area contributed by atoms with Crippen molar-refractivity contribution in [2.75, 3.05) is 31.5 Å². The number of carbonyl (C=O) groups excluding carboxylic acids is 2. The van der Waals surface area contributed by atoms with Gasteiger partial charge in [0.25, 0.3) is 5.91 Å². The summed E-state index contributed by atoms with van der Waals surface area (Å²) in [5.41, 5.74) is -0.448. The predicted octanol–water partition coefficient (Wildman–Crippen LogP) is 2.34. The summed E-state index contributed by atoms with van der Waals surface area (Å²) in [5, 5.41) is 2.31. The van der Waals surface area contributed by atoms with Crippen LogP contribution in [0.5, 0.6) is 0 Å². The third-order valence-corrected chi connectivity index (χ3v) is 4.47. The molecule has 1 aromatic heterocycles. The molecule has 1 saturated heterocycles. The van der Waals surface area contributed by atoms with Gasteiger partial charge < -0.3 is 14.6 Å². The molecule has 1 atom stereocenters. The second-order valence-corrected chi connectivity index (χ2v) is 6.07. The van der Waals surface area contributed by atoms with Crippen LogP contribution in [-0.2, 0) is 4.79 Å². The van der Waals surface area contributed by atoms with Crippen molar-refractivity contribution in [2.24, 2.45) is 0 Å². The van der Waals surface area contributed by atoms with Gasteiger partial charge in [0.05, 0.1) is 12.3 Å². The number of hydrogen-bond acceptors (Lipinski definition) is 4. The Kier molecular flexibility index (Phi) is 5.32. The van der Waals surface area contributed by atoms with Gasteiger partial charge in [0.15, 0.2) is 5.76 Å². The number of piperazine rings is 1. The molecule has 1 aromatic carbocycles. The van der Waals surface area contributed by atoms with Crippen molar-refractivity contribution in [3.63, 3.8) is 0 Å². The van der Waals surface area contributed by atoms with E-state index in [1.165, 1.54) is 12.3 Å². The van der Waals surface area contributed by atoms with Crippen LogP contribution in [0.15, 0.2) is 41.0 Å². The number of rotatable bonds is 4. The summed E-state index contributed by atoms with van der Waals surface area (Å²) in [6.07, 6.45) is 1.44. The molecule has 1 aliphatic rings. The Hall–Kier alpha value is -2.74. The van der Waals surface area contributed by atoms with Crippen molar-refractivity contribution < 1.29 is 22.8 Å². The molecule has 8 heteroatoms. The largest absolute Gasteiger partial charge is 0.459 e. The van der Waals surface area contributed by atoms with Crippen LogP contribution < -0.4 is 5.32 Å². The zero-order chi connectivity index (χ0) is 18.7. The number of amides is 2. The van der Waals surface area contributed by atoms with Crippen LogP contribution in [0.25, 0.3) is 0 Å². The van der Waals surface area contributed by atoms with E-state index in [1.807, 2.05) is 4.90 Å². The average molecular weight is 363 g/mol. The summed E-state index contributed by atoms with van der Waals surface area (Å²) in [5.74, 6) is -2.06. The van der Waals surface area contributed by atoms with E-state index >= 15 is 0 Å². The highest BCUT2D eigenvalue weighted by molar-refractivity contribution is 5.95. The van der Waals surface area contributed by atoms with E-state index in [2.05, 4.69) is 5.32 Å². The lowest BCUT2D eigenvalue weighted by molar-refractivity contribution is -0.121. The number of nitrogens with one attached hydrogen (secondary N) is 1. The highest BCUT2D eigenvalue weighted by atomic mass is 19.1. The number of benzene rings is 1. The maximum Gasteiger partial charge on any atom is 0.289 e. The van der Waals surface area contributed by atoms with Gasteiger partial charge in [0, 0.05) is 26.2 Å². The van der Waals surface area contributed by atoms with Crippen molar-refractivity contribution in [1.82, 2.24) is 9.80 Å². The predicted molar refractivity (Wildman–Crippen MR) is 90.6 cm³/mol. The smallest absolute Gasteiger partial charge is 0.289 e. The molecule has 2 amide bonds. The number of hydrogen-bond donors (Lipinski definition) is 1. The molecular formula is C18H19F2N3O3. The summed E-state index contributed by atoms with van der Waals surface area (Å²) in [4.78, 5) is 28.1. The fraction of sp³-hybridized carbons (Fsp3) is 0.333. The summed E-state index contributed by atoms with van der Waals surface area (Å²) in [7, 11) is 0. The highest BCUT2D eigenvalue weighted by Crippen LogP contribution is 2.19. The maximum absolute atomic E-state index is 13.7. The first kappa shape index (κ1) is 18.1. The molecule has 6 nitrogen and oxygen atoms in total. The van der Waals surface area contributed by atoms with Gasteiger partial charge >= 0.3 is 0 Å². The van der Waals surface area contributed by atoms with Crippen LogP contribution in [0.1, 0.15) is 17.5 Å². The second-order valence-electron chi connectivity index (χ2n) is 6.07. The van der Waals surface area contributed by atoms with Crippen molar-refractivity contribution in [2.45, 2.75) is 13.0 Å². The Bertz CT molecular complexity index is 767. The van der Waals surface area contributed by atoms with Crippen molar-refractivity contribution in [1.29, 1.82) is 0 Å². The quantitative estimate of drug-likeness (QED) is 0.906. The van der Waals surface area contributed by atoms with Gasteiger partial charge in [-0.1, -0.05) is 6.07 Å². The Morgan fingerprint density at radius 2 is 1.73 bits per heavy atom. The second kappa shape index (κ2) is 7.65. The maximum atomic E-state index is 13.7. The van der Waals surface area contributed by atoms with E-state index in [9.17, 15) is 18.4 Å². The van der Waals surface area contributed by atoms with E-state index in [0.29, 0.717) is 26.2 Å². The topological polar surface area (TPSA) is 65.8 Å². The molecule has 0 bridgehead atoms. The van der Waals surface area contributed by atoms with Gasteiger partial charge in [-0.3, -0.25) is 14.5 Å². The van der Waals surface area contributed by atoms with Crippen LogP contribution in [0.4, 0.5) is 14.5 Å². The Morgan fingerprint density at radius 1 is 1.08 bits per heavy atom. The summed E-state index contributed by atoms with van der Waals surface area (Å²) in [6.45, 7) is 3.48. The lowest BCUT2D eigenvalue weighted by Gasteiger charge is -2.37. The monoisotopic (exact) mass is 363 g/mol. The number of nitrogens with zero attached hydrogens (tertiary/aromatic N) is 2. The summed E-state index contributed by atoms with van der Waals surface area (Å²) >= 11 is 0. The Balaban J connectivity index is 1.57. The van der Waals surface area contributed by atoms with Crippen LogP contribution in [0.2, 0.25) is 0 Å².